The number of fused-ring (bicyclic) bond motifs is 1. The van der Waals surface area contributed by atoms with Crippen LogP contribution in [0.25, 0.3) is 11.0 Å². The van der Waals surface area contributed by atoms with Crippen LogP contribution in [-0.4, -0.2) is 38.7 Å². The first-order valence-corrected chi connectivity index (χ1v) is 9.47. The summed E-state index contributed by atoms with van der Waals surface area (Å²) < 4.78 is 32.0. The average molecular weight is 440 g/mol. The number of halogens is 2. The van der Waals surface area contributed by atoms with Gasteiger partial charge in [0.05, 0.1) is 30.0 Å². The van der Waals surface area contributed by atoms with Crippen LogP contribution in [0.5, 0.6) is 5.75 Å². The zero-order valence-corrected chi connectivity index (χ0v) is 16.8. The van der Waals surface area contributed by atoms with Gasteiger partial charge in [-0.15, -0.1) is 0 Å². The maximum absolute atomic E-state index is 12.8. The molecule has 0 bridgehead atoms. The van der Waals surface area contributed by atoms with Gasteiger partial charge in [-0.1, -0.05) is 0 Å². The number of alkyl halides is 2. The van der Waals surface area contributed by atoms with Crippen molar-refractivity contribution in [2.24, 2.45) is 0 Å². The van der Waals surface area contributed by atoms with Crippen molar-refractivity contribution in [3.05, 3.63) is 66.2 Å². The van der Waals surface area contributed by atoms with Crippen LogP contribution in [0.1, 0.15) is 22.6 Å². The lowest BCUT2D eigenvalue weighted by Gasteiger charge is -2.06. The van der Waals surface area contributed by atoms with Crippen molar-refractivity contribution in [3.8, 4) is 5.75 Å². The van der Waals surface area contributed by atoms with Crippen molar-refractivity contribution in [1.82, 2.24) is 19.7 Å². The van der Waals surface area contributed by atoms with Gasteiger partial charge in [-0.05, 0) is 42.5 Å². The van der Waals surface area contributed by atoms with Crippen molar-refractivity contribution in [2.75, 3.05) is 17.7 Å². The number of carbonyl (C=O) groups is 2. The van der Waals surface area contributed by atoms with Gasteiger partial charge in [0.25, 0.3) is 12.3 Å². The molecule has 2 amide bonds. The number of hydrogen-bond acceptors (Lipinski definition) is 5. The van der Waals surface area contributed by atoms with Crippen LogP contribution in [0.3, 0.4) is 0 Å². The summed E-state index contributed by atoms with van der Waals surface area (Å²) in [5.74, 6) is -0.527. The molecule has 2 aromatic heterocycles. The van der Waals surface area contributed by atoms with E-state index in [2.05, 4.69) is 25.7 Å². The fourth-order valence-corrected chi connectivity index (χ4v) is 3.01. The fourth-order valence-electron chi connectivity index (χ4n) is 3.01. The molecule has 164 valence electrons. The first-order valence-electron chi connectivity index (χ1n) is 9.47. The van der Waals surface area contributed by atoms with Gasteiger partial charge in [-0.25, -0.2) is 13.8 Å². The molecule has 0 fully saturated rings. The van der Waals surface area contributed by atoms with E-state index in [9.17, 15) is 18.4 Å². The largest absolute Gasteiger partial charge is 0.497 e. The molecule has 32 heavy (non-hydrogen) atoms. The molecule has 9 nitrogen and oxygen atoms in total. The lowest BCUT2D eigenvalue weighted by atomic mass is 10.2. The normalized spacial score (nSPS) is 11.0. The molecule has 0 aliphatic heterocycles. The summed E-state index contributed by atoms with van der Waals surface area (Å²) in [5.41, 5.74) is 1.92. The molecule has 0 aliphatic carbocycles. The molecule has 4 rings (SSSR count). The van der Waals surface area contributed by atoms with Gasteiger partial charge >= 0.3 is 0 Å². The van der Waals surface area contributed by atoms with Crippen LogP contribution in [0.15, 0.2) is 54.9 Å². The Kier molecular flexibility index (Phi) is 5.79. The molecular formula is C21H18F2N6O3. The van der Waals surface area contributed by atoms with Crippen LogP contribution in [0, 0.1) is 0 Å². The van der Waals surface area contributed by atoms with E-state index in [1.54, 1.807) is 31.4 Å². The predicted octanol–water partition coefficient (Wildman–Crippen LogP) is 3.60. The highest BCUT2D eigenvalue weighted by Crippen LogP contribution is 2.21. The Morgan fingerprint density at radius 2 is 1.91 bits per heavy atom. The van der Waals surface area contributed by atoms with Gasteiger partial charge in [0.1, 0.15) is 12.3 Å². The number of aromatic nitrogens is 4. The molecule has 0 atom stereocenters. The number of ether oxygens (including phenoxy) is 1. The second kappa shape index (κ2) is 8.84. The Bertz CT molecular complexity index is 1270. The minimum absolute atomic E-state index is 0.0571. The third-order valence-electron chi connectivity index (χ3n) is 4.54. The molecule has 0 aliphatic rings. The summed E-state index contributed by atoms with van der Waals surface area (Å²) in [6.07, 6.45) is 0.185. The molecule has 0 saturated heterocycles. The van der Waals surface area contributed by atoms with E-state index < -0.39 is 18.2 Å². The second-order valence-electron chi connectivity index (χ2n) is 6.81. The number of nitrogens with zero attached hydrogens (tertiary/aromatic N) is 3. The first-order chi connectivity index (χ1) is 15.4. The van der Waals surface area contributed by atoms with E-state index in [0.29, 0.717) is 28.2 Å². The quantitative estimate of drug-likeness (QED) is 0.406. The van der Waals surface area contributed by atoms with Gasteiger partial charge in [0, 0.05) is 17.4 Å². The maximum atomic E-state index is 12.8. The highest BCUT2D eigenvalue weighted by atomic mass is 19.3. The lowest BCUT2D eigenvalue weighted by Crippen LogP contribution is -2.19. The summed E-state index contributed by atoms with van der Waals surface area (Å²) in [4.78, 5) is 31.0. The average Bonchev–Trinajstić information content (AvgIpc) is 3.40. The minimum Gasteiger partial charge on any atom is -0.497 e. The van der Waals surface area contributed by atoms with Crippen LogP contribution in [-0.2, 0) is 11.3 Å². The van der Waals surface area contributed by atoms with Gasteiger partial charge in [-0.2, -0.15) is 5.10 Å². The Balaban J connectivity index is 1.37. The Labute approximate surface area is 180 Å². The van der Waals surface area contributed by atoms with Crippen molar-refractivity contribution < 1.29 is 23.1 Å². The lowest BCUT2D eigenvalue weighted by molar-refractivity contribution is -0.116. The van der Waals surface area contributed by atoms with Crippen LogP contribution >= 0.6 is 0 Å². The molecule has 0 unspecified atom stereocenters. The SMILES string of the molecule is COc1ccc(NC(=O)Cn2cc(NC(=O)c3ccc4nc(C(F)F)[nH]c4c3)cn2)cc1. The Morgan fingerprint density at radius 1 is 1.12 bits per heavy atom. The minimum atomic E-state index is -2.73. The van der Waals surface area contributed by atoms with Crippen LogP contribution in [0.4, 0.5) is 20.2 Å². The predicted molar refractivity (Wildman–Crippen MR) is 113 cm³/mol. The van der Waals surface area contributed by atoms with Gasteiger partial charge in [-0.3, -0.25) is 14.3 Å². The number of methoxy groups -OCH3 is 1. The summed E-state index contributed by atoms with van der Waals surface area (Å²) in [5, 5.41) is 9.46. The third-order valence-corrected chi connectivity index (χ3v) is 4.54. The molecule has 0 radical (unpaired) electrons. The van der Waals surface area contributed by atoms with E-state index in [4.69, 9.17) is 4.74 Å². The van der Waals surface area contributed by atoms with Crippen LogP contribution in [0.2, 0.25) is 0 Å². The monoisotopic (exact) mass is 440 g/mol. The van der Waals surface area contributed by atoms with E-state index in [1.165, 1.54) is 35.3 Å². The highest BCUT2D eigenvalue weighted by Gasteiger charge is 2.15. The summed E-state index contributed by atoms with van der Waals surface area (Å²) >= 11 is 0. The maximum Gasteiger partial charge on any atom is 0.295 e. The van der Waals surface area contributed by atoms with Gasteiger partial charge < -0.3 is 20.4 Å². The Morgan fingerprint density at radius 3 is 2.62 bits per heavy atom. The molecule has 11 heteroatoms. The van der Waals surface area contributed by atoms with Crippen molar-refractivity contribution in [1.29, 1.82) is 0 Å². The zero-order valence-electron chi connectivity index (χ0n) is 16.8. The highest BCUT2D eigenvalue weighted by molar-refractivity contribution is 6.05. The van der Waals surface area contributed by atoms with Gasteiger partial charge in [0.2, 0.25) is 5.91 Å². The summed E-state index contributed by atoms with van der Waals surface area (Å²) in [6.45, 7) is -0.0571. The summed E-state index contributed by atoms with van der Waals surface area (Å²) in [7, 11) is 1.56. The molecule has 4 aromatic rings. The molecule has 0 spiro atoms. The number of hydrogen-bond donors (Lipinski definition) is 3. The number of imidazole rings is 1. The number of amides is 2. The smallest absolute Gasteiger partial charge is 0.295 e. The fraction of sp³-hybridized carbons (Fsp3) is 0.143. The van der Waals surface area contributed by atoms with E-state index >= 15 is 0 Å². The van der Waals surface area contributed by atoms with E-state index in [1.807, 2.05) is 0 Å². The molecule has 2 aromatic carbocycles. The number of rotatable bonds is 7. The zero-order chi connectivity index (χ0) is 22.7. The van der Waals surface area contributed by atoms with Crippen molar-refractivity contribution in [3.63, 3.8) is 0 Å². The van der Waals surface area contributed by atoms with Gasteiger partial charge in [0.15, 0.2) is 5.82 Å². The third kappa shape index (κ3) is 4.72. The van der Waals surface area contributed by atoms with Crippen LogP contribution < -0.4 is 15.4 Å². The topological polar surface area (TPSA) is 114 Å². The first kappa shape index (κ1) is 21.0. The second-order valence-corrected chi connectivity index (χ2v) is 6.81. The number of anilines is 2. The molecule has 2 heterocycles. The van der Waals surface area contributed by atoms with Crippen molar-refractivity contribution >= 4 is 34.2 Å². The number of nitrogens with one attached hydrogen (secondary N) is 3. The van der Waals surface area contributed by atoms with Crippen molar-refractivity contribution in [2.45, 2.75) is 13.0 Å². The number of aromatic amines is 1. The Hall–Kier alpha value is -4.28. The molecular weight excluding hydrogens is 422 g/mol. The molecule has 3 N–H and O–H groups in total. The van der Waals surface area contributed by atoms with E-state index in [-0.39, 0.29) is 18.0 Å². The molecule has 0 saturated carbocycles. The number of H-pyrrole nitrogens is 1. The standard InChI is InChI=1S/C21H18F2N6O3/c1-32-15-5-3-13(4-6-15)25-18(30)11-29-10-14(9-24-29)26-21(31)12-2-7-16-17(8-12)28-20(27-16)19(22)23/h2-10,19H,11H2,1H3,(H,25,30)(H,26,31)(H,27,28). The summed E-state index contributed by atoms with van der Waals surface area (Å²) in [6, 6.07) is 11.3. The number of benzene rings is 2. The van der Waals surface area contributed by atoms with E-state index in [0.717, 1.165) is 0 Å². The number of carbonyl (C=O) groups excluding carboxylic acids is 2.